The van der Waals surface area contributed by atoms with Crippen LogP contribution in [0, 0.1) is 5.92 Å². The highest BCUT2D eigenvalue weighted by Gasteiger charge is 2.44. The molecule has 23 heavy (non-hydrogen) atoms. The summed E-state index contributed by atoms with van der Waals surface area (Å²) >= 11 is 0. The van der Waals surface area contributed by atoms with Crippen LogP contribution in [-0.4, -0.2) is 31.7 Å². The molecule has 124 valence electrons. The third-order valence-corrected chi connectivity index (χ3v) is 5.67. The smallest absolute Gasteiger partial charge is 0.237 e. The second-order valence-corrected chi connectivity index (χ2v) is 7.44. The molecule has 1 fully saturated rings. The fourth-order valence-corrected chi connectivity index (χ4v) is 4.21. The summed E-state index contributed by atoms with van der Waals surface area (Å²) in [5.74, 6) is 0.851. The molecular formula is C18H26N4O. The second-order valence-electron chi connectivity index (χ2n) is 7.44. The number of carbonyl (C=O) groups is 1. The lowest BCUT2D eigenvalue weighted by Gasteiger charge is -2.28. The SMILES string of the molecule is CCN1C(=O)C(C)(C)c2cc3c(cc21)NC(C1CCNCC1)N3. The van der Waals surface area contributed by atoms with Gasteiger partial charge in [-0.05, 0) is 70.3 Å². The zero-order valence-electron chi connectivity index (χ0n) is 14.2. The van der Waals surface area contributed by atoms with Crippen LogP contribution in [-0.2, 0) is 10.2 Å². The number of hydrogen-bond donors (Lipinski definition) is 3. The Bertz CT molecular complexity index is 649. The molecule has 0 radical (unpaired) electrons. The monoisotopic (exact) mass is 314 g/mol. The van der Waals surface area contributed by atoms with Crippen LogP contribution in [0.15, 0.2) is 12.1 Å². The summed E-state index contributed by atoms with van der Waals surface area (Å²) in [4.78, 5) is 14.5. The molecule has 3 heterocycles. The summed E-state index contributed by atoms with van der Waals surface area (Å²) in [6, 6.07) is 4.35. The Hall–Kier alpha value is -1.75. The van der Waals surface area contributed by atoms with Crippen molar-refractivity contribution in [2.75, 3.05) is 35.2 Å². The number of hydrogen-bond acceptors (Lipinski definition) is 4. The highest BCUT2D eigenvalue weighted by molar-refractivity contribution is 6.09. The molecule has 4 rings (SSSR count). The Balaban J connectivity index is 1.66. The normalized spacial score (nSPS) is 25.8. The minimum atomic E-state index is -0.436. The van der Waals surface area contributed by atoms with Gasteiger partial charge < -0.3 is 20.9 Å². The fourth-order valence-electron chi connectivity index (χ4n) is 4.21. The van der Waals surface area contributed by atoms with E-state index < -0.39 is 5.41 Å². The molecule has 0 saturated carbocycles. The van der Waals surface area contributed by atoms with E-state index in [0.717, 1.165) is 42.3 Å². The van der Waals surface area contributed by atoms with Crippen molar-refractivity contribution in [1.29, 1.82) is 0 Å². The topological polar surface area (TPSA) is 56.4 Å². The lowest BCUT2D eigenvalue weighted by Crippen LogP contribution is -2.39. The first-order valence-electron chi connectivity index (χ1n) is 8.76. The lowest BCUT2D eigenvalue weighted by atomic mass is 9.86. The number of anilines is 3. The first-order valence-corrected chi connectivity index (χ1v) is 8.76. The van der Waals surface area contributed by atoms with E-state index in [4.69, 9.17) is 0 Å². The van der Waals surface area contributed by atoms with Gasteiger partial charge in [0, 0.05) is 6.54 Å². The zero-order valence-corrected chi connectivity index (χ0v) is 14.2. The Kier molecular flexibility index (Phi) is 3.30. The van der Waals surface area contributed by atoms with Crippen molar-refractivity contribution in [3.8, 4) is 0 Å². The number of likely N-dealkylation sites (N-methyl/N-ethyl adjacent to an activating group) is 1. The second kappa shape index (κ2) is 5.13. The molecule has 3 N–H and O–H groups in total. The van der Waals surface area contributed by atoms with Gasteiger partial charge in [0.15, 0.2) is 0 Å². The van der Waals surface area contributed by atoms with Gasteiger partial charge in [-0.1, -0.05) is 0 Å². The predicted molar refractivity (Wildman–Crippen MR) is 94.1 cm³/mol. The molecule has 1 atom stereocenters. The first-order chi connectivity index (χ1) is 11.0. The number of rotatable bonds is 2. The van der Waals surface area contributed by atoms with Crippen molar-refractivity contribution in [3.63, 3.8) is 0 Å². The van der Waals surface area contributed by atoms with Gasteiger partial charge in [-0.15, -0.1) is 0 Å². The summed E-state index contributed by atoms with van der Waals surface area (Å²) in [6.07, 6.45) is 2.70. The summed E-state index contributed by atoms with van der Waals surface area (Å²) in [7, 11) is 0. The highest BCUT2D eigenvalue weighted by atomic mass is 16.2. The minimum absolute atomic E-state index is 0.202. The number of nitrogens with zero attached hydrogens (tertiary/aromatic N) is 1. The van der Waals surface area contributed by atoms with E-state index in [0.29, 0.717) is 12.1 Å². The largest absolute Gasteiger partial charge is 0.363 e. The van der Waals surface area contributed by atoms with Gasteiger partial charge in [-0.25, -0.2) is 0 Å². The van der Waals surface area contributed by atoms with E-state index in [-0.39, 0.29) is 5.91 Å². The molecule has 1 saturated heterocycles. The van der Waals surface area contributed by atoms with E-state index in [1.807, 2.05) is 25.7 Å². The third kappa shape index (κ3) is 2.13. The fraction of sp³-hybridized carbons (Fsp3) is 0.611. The maximum atomic E-state index is 12.6. The lowest BCUT2D eigenvalue weighted by molar-refractivity contribution is -0.122. The van der Waals surface area contributed by atoms with Gasteiger partial charge in [0.2, 0.25) is 5.91 Å². The van der Waals surface area contributed by atoms with E-state index in [9.17, 15) is 4.79 Å². The van der Waals surface area contributed by atoms with Crippen LogP contribution in [0.5, 0.6) is 0 Å². The molecule has 5 nitrogen and oxygen atoms in total. The standard InChI is InChI=1S/C18H26N4O/c1-4-22-15-10-14-13(9-12(15)18(2,3)17(22)23)20-16(21-14)11-5-7-19-8-6-11/h9-11,16,19-21H,4-8H2,1-3H3. The van der Waals surface area contributed by atoms with Crippen LogP contribution >= 0.6 is 0 Å². The van der Waals surface area contributed by atoms with Gasteiger partial charge >= 0.3 is 0 Å². The Morgan fingerprint density at radius 1 is 1.17 bits per heavy atom. The van der Waals surface area contributed by atoms with Gasteiger partial charge in [0.1, 0.15) is 0 Å². The molecule has 1 unspecified atom stereocenters. The van der Waals surface area contributed by atoms with Crippen LogP contribution in [0.2, 0.25) is 0 Å². The first kappa shape index (κ1) is 14.8. The van der Waals surface area contributed by atoms with E-state index >= 15 is 0 Å². The number of nitrogens with one attached hydrogen (secondary N) is 3. The maximum absolute atomic E-state index is 12.6. The molecule has 0 aromatic heterocycles. The average molecular weight is 314 g/mol. The molecule has 3 aliphatic heterocycles. The van der Waals surface area contributed by atoms with Crippen LogP contribution < -0.4 is 20.9 Å². The van der Waals surface area contributed by atoms with Gasteiger partial charge in [-0.2, -0.15) is 0 Å². The van der Waals surface area contributed by atoms with E-state index in [1.54, 1.807) is 0 Å². The van der Waals surface area contributed by atoms with E-state index in [1.165, 1.54) is 12.8 Å². The Labute approximate surface area is 137 Å². The molecule has 3 aliphatic rings. The predicted octanol–water partition coefficient (Wildman–Crippen LogP) is 2.49. The molecule has 1 aromatic carbocycles. The van der Waals surface area contributed by atoms with Crippen LogP contribution in [0.25, 0.3) is 0 Å². The number of fused-ring (bicyclic) bond motifs is 2. The molecule has 0 aliphatic carbocycles. The van der Waals surface area contributed by atoms with Crippen molar-refractivity contribution in [3.05, 3.63) is 17.7 Å². The average Bonchev–Trinajstić information content (AvgIpc) is 3.05. The van der Waals surface area contributed by atoms with Crippen molar-refractivity contribution < 1.29 is 4.79 Å². The van der Waals surface area contributed by atoms with E-state index in [2.05, 4.69) is 28.1 Å². The van der Waals surface area contributed by atoms with Gasteiger partial charge in [-0.3, -0.25) is 4.79 Å². The number of benzene rings is 1. The van der Waals surface area contributed by atoms with Crippen molar-refractivity contribution in [2.45, 2.75) is 45.2 Å². The molecular weight excluding hydrogens is 288 g/mol. The molecule has 0 spiro atoms. The number of carbonyl (C=O) groups excluding carboxylic acids is 1. The Morgan fingerprint density at radius 2 is 1.83 bits per heavy atom. The number of piperidine rings is 1. The minimum Gasteiger partial charge on any atom is -0.363 e. The third-order valence-electron chi connectivity index (χ3n) is 5.67. The zero-order chi connectivity index (χ0) is 16.2. The van der Waals surface area contributed by atoms with Crippen LogP contribution in [0.1, 0.15) is 39.2 Å². The quantitative estimate of drug-likeness (QED) is 0.785. The van der Waals surface area contributed by atoms with Crippen molar-refractivity contribution in [1.82, 2.24) is 5.32 Å². The maximum Gasteiger partial charge on any atom is 0.237 e. The van der Waals surface area contributed by atoms with Crippen LogP contribution in [0.4, 0.5) is 17.1 Å². The number of amides is 1. The van der Waals surface area contributed by atoms with Crippen molar-refractivity contribution >= 4 is 23.0 Å². The van der Waals surface area contributed by atoms with Crippen molar-refractivity contribution in [2.24, 2.45) is 5.92 Å². The highest BCUT2D eigenvalue weighted by Crippen LogP contribution is 2.47. The Morgan fingerprint density at radius 3 is 2.48 bits per heavy atom. The summed E-state index contributed by atoms with van der Waals surface area (Å²) < 4.78 is 0. The van der Waals surface area contributed by atoms with Gasteiger partial charge in [0.05, 0.1) is 28.6 Å². The summed E-state index contributed by atoms with van der Waals surface area (Å²) in [5.41, 5.74) is 4.06. The van der Waals surface area contributed by atoms with Gasteiger partial charge in [0.25, 0.3) is 0 Å². The molecule has 5 heteroatoms. The summed E-state index contributed by atoms with van der Waals surface area (Å²) in [6.45, 7) is 9.02. The molecule has 0 bridgehead atoms. The summed E-state index contributed by atoms with van der Waals surface area (Å²) in [5, 5.41) is 10.7. The molecule has 1 amide bonds. The van der Waals surface area contributed by atoms with Crippen LogP contribution in [0.3, 0.4) is 0 Å². The molecule has 1 aromatic rings.